The summed E-state index contributed by atoms with van der Waals surface area (Å²) in [4.78, 5) is 14.9. The third-order valence-electron chi connectivity index (χ3n) is 4.58. The average Bonchev–Trinajstić information content (AvgIpc) is 2.86. The fourth-order valence-corrected chi connectivity index (χ4v) is 3.93. The monoisotopic (exact) mass is 345 g/mol. The molecule has 0 amide bonds. The highest BCUT2D eigenvalue weighted by Crippen LogP contribution is 2.45. The molecule has 1 aliphatic carbocycles. The zero-order valence-corrected chi connectivity index (χ0v) is 15.6. The lowest BCUT2D eigenvalue weighted by atomic mass is 9.65. The van der Waals surface area contributed by atoms with Crippen molar-refractivity contribution in [1.82, 2.24) is 4.90 Å². The molecule has 0 aromatic carbocycles. The van der Waals surface area contributed by atoms with Gasteiger partial charge in [-0.3, -0.25) is 9.69 Å². The van der Waals surface area contributed by atoms with Crippen LogP contribution >= 0.6 is 23.7 Å². The largest absolute Gasteiger partial charge is 0.464 e. The van der Waals surface area contributed by atoms with Crippen LogP contribution in [0.5, 0.6) is 0 Å². The van der Waals surface area contributed by atoms with E-state index >= 15 is 0 Å². The van der Waals surface area contributed by atoms with E-state index in [1.807, 2.05) is 5.38 Å². The van der Waals surface area contributed by atoms with Gasteiger partial charge in [0.25, 0.3) is 0 Å². The Labute approximate surface area is 144 Å². The molecular formula is C17H28ClNO2S. The maximum atomic E-state index is 12.5. The first kappa shape index (κ1) is 19.5. The number of nitrogens with zero attached hydrogens (tertiary/aromatic N) is 1. The Morgan fingerprint density at radius 1 is 1.32 bits per heavy atom. The number of halogens is 1. The highest BCUT2D eigenvalue weighted by Gasteiger charge is 2.47. The van der Waals surface area contributed by atoms with Gasteiger partial charge in [-0.1, -0.05) is 6.42 Å². The van der Waals surface area contributed by atoms with Crippen LogP contribution < -0.4 is 0 Å². The smallest absolute Gasteiger partial charge is 0.316 e. The van der Waals surface area contributed by atoms with Crippen LogP contribution in [0.2, 0.25) is 0 Å². The van der Waals surface area contributed by atoms with Crippen molar-refractivity contribution < 1.29 is 9.53 Å². The van der Waals surface area contributed by atoms with E-state index in [2.05, 4.69) is 44.0 Å². The van der Waals surface area contributed by atoms with Crippen molar-refractivity contribution in [1.29, 1.82) is 0 Å². The Hall–Kier alpha value is -0.580. The number of thiophene rings is 1. The second kappa shape index (κ2) is 8.32. The van der Waals surface area contributed by atoms with Gasteiger partial charge in [-0.2, -0.15) is 11.3 Å². The molecule has 2 rings (SSSR count). The predicted octanol–water partition coefficient (Wildman–Crippen LogP) is 4.25. The van der Waals surface area contributed by atoms with Crippen molar-refractivity contribution >= 4 is 29.7 Å². The summed E-state index contributed by atoms with van der Waals surface area (Å²) in [6, 6.07) is 3.01. The van der Waals surface area contributed by atoms with Crippen molar-refractivity contribution in [3.05, 3.63) is 22.4 Å². The normalized spacial score (nSPS) is 16.5. The Balaban J connectivity index is 0.00000242. The molecule has 126 valence electrons. The molecule has 5 heteroatoms. The maximum Gasteiger partial charge on any atom is 0.316 e. The fraction of sp³-hybridized carbons (Fsp3) is 0.706. The number of esters is 1. The van der Waals surface area contributed by atoms with Crippen LogP contribution in [0.1, 0.15) is 52.5 Å². The third kappa shape index (κ3) is 4.03. The Morgan fingerprint density at radius 3 is 2.36 bits per heavy atom. The van der Waals surface area contributed by atoms with Gasteiger partial charge in [-0.15, -0.1) is 12.4 Å². The zero-order chi connectivity index (χ0) is 15.5. The molecule has 1 aromatic heterocycles. The van der Waals surface area contributed by atoms with Gasteiger partial charge in [-0.05, 0) is 62.9 Å². The lowest BCUT2D eigenvalue weighted by Crippen LogP contribution is -2.45. The first-order chi connectivity index (χ1) is 9.97. The summed E-state index contributed by atoms with van der Waals surface area (Å²) >= 11 is 1.65. The van der Waals surface area contributed by atoms with E-state index in [9.17, 15) is 4.79 Å². The second-order valence-electron chi connectivity index (χ2n) is 6.51. The van der Waals surface area contributed by atoms with E-state index in [1.54, 1.807) is 11.3 Å². The second-order valence-corrected chi connectivity index (χ2v) is 7.29. The van der Waals surface area contributed by atoms with Crippen molar-refractivity contribution in [3.63, 3.8) is 0 Å². The molecule has 1 heterocycles. The molecule has 0 atom stereocenters. The van der Waals surface area contributed by atoms with Crippen LogP contribution in [0.25, 0.3) is 0 Å². The van der Waals surface area contributed by atoms with Crippen molar-refractivity contribution in [2.75, 3.05) is 13.2 Å². The number of rotatable bonds is 7. The Morgan fingerprint density at radius 2 is 1.95 bits per heavy atom. The predicted molar refractivity (Wildman–Crippen MR) is 95.0 cm³/mol. The van der Waals surface area contributed by atoms with E-state index < -0.39 is 0 Å². The zero-order valence-electron chi connectivity index (χ0n) is 14.0. The summed E-state index contributed by atoms with van der Waals surface area (Å²) < 4.78 is 5.63. The molecule has 0 spiro atoms. The van der Waals surface area contributed by atoms with Crippen molar-refractivity contribution in [2.24, 2.45) is 0 Å². The summed E-state index contributed by atoms with van der Waals surface area (Å²) in [5.41, 5.74) is 0.800. The number of hydrogen-bond donors (Lipinski definition) is 0. The van der Waals surface area contributed by atoms with Gasteiger partial charge in [0.15, 0.2) is 0 Å². The summed E-state index contributed by atoms with van der Waals surface area (Å²) in [5.74, 6) is -0.0281. The molecule has 0 bridgehead atoms. The minimum absolute atomic E-state index is 0. The molecule has 0 radical (unpaired) electrons. The number of ether oxygens (including phenoxy) is 1. The van der Waals surface area contributed by atoms with E-state index in [1.165, 1.54) is 0 Å². The fourth-order valence-electron chi connectivity index (χ4n) is 3.17. The highest BCUT2D eigenvalue weighted by atomic mass is 35.5. The van der Waals surface area contributed by atoms with Gasteiger partial charge in [0.2, 0.25) is 0 Å². The lowest BCUT2D eigenvalue weighted by Gasteiger charge is -2.39. The van der Waals surface area contributed by atoms with Crippen LogP contribution in [0.15, 0.2) is 16.8 Å². The van der Waals surface area contributed by atoms with Crippen LogP contribution in [-0.2, 0) is 14.9 Å². The molecule has 0 aliphatic heterocycles. The van der Waals surface area contributed by atoms with Gasteiger partial charge in [0, 0.05) is 18.6 Å². The van der Waals surface area contributed by atoms with E-state index in [4.69, 9.17) is 4.74 Å². The summed E-state index contributed by atoms with van der Waals surface area (Å²) in [7, 11) is 0. The first-order valence-electron chi connectivity index (χ1n) is 7.93. The minimum atomic E-state index is -0.347. The topological polar surface area (TPSA) is 29.5 Å². The quantitative estimate of drug-likeness (QED) is 0.692. The van der Waals surface area contributed by atoms with E-state index in [0.29, 0.717) is 18.7 Å². The number of carbonyl (C=O) groups excluding carboxylic acids is 1. The van der Waals surface area contributed by atoms with Gasteiger partial charge in [0.05, 0.1) is 5.41 Å². The minimum Gasteiger partial charge on any atom is -0.464 e. The van der Waals surface area contributed by atoms with Crippen LogP contribution in [0.3, 0.4) is 0 Å². The van der Waals surface area contributed by atoms with Crippen molar-refractivity contribution in [3.8, 4) is 0 Å². The van der Waals surface area contributed by atoms with Gasteiger partial charge >= 0.3 is 5.97 Å². The molecule has 0 unspecified atom stereocenters. The summed E-state index contributed by atoms with van der Waals surface area (Å²) in [5, 5.41) is 4.14. The molecule has 22 heavy (non-hydrogen) atoms. The van der Waals surface area contributed by atoms with Gasteiger partial charge < -0.3 is 4.74 Å². The molecule has 1 fully saturated rings. The number of carbonyl (C=O) groups is 1. The molecule has 0 saturated heterocycles. The SMILES string of the molecule is CC(C)N(CCOC(=O)C1(c2ccsc2)CCC1)C(C)C.Cl. The molecule has 0 N–H and O–H groups in total. The van der Waals surface area contributed by atoms with E-state index in [-0.39, 0.29) is 23.8 Å². The summed E-state index contributed by atoms with van der Waals surface area (Å²) in [6.45, 7) is 10.0. The standard InChI is InChI=1S/C17H27NO2S.ClH/c1-13(2)18(14(3)4)9-10-20-16(19)17(7-5-8-17)15-6-11-21-12-15;/h6,11-14H,5,7-10H2,1-4H3;1H. The van der Waals surface area contributed by atoms with Crippen LogP contribution in [-0.4, -0.2) is 36.1 Å². The van der Waals surface area contributed by atoms with Crippen LogP contribution in [0.4, 0.5) is 0 Å². The van der Waals surface area contributed by atoms with Crippen molar-refractivity contribution in [2.45, 2.75) is 64.5 Å². The first-order valence-corrected chi connectivity index (χ1v) is 8.87. The van der Waals surface area contributed by atoms with E-state index in [0.717, 1.165) is 31.4 Å². The molecular weight excluding hydrogens is 318 g/mol. The lowest BCUT2D eigenvalue weighted by molar-refractivity contribution is -0.155. The maximum absolute atomic E-state index is 12.5. The Bertz CT molecular complexity index is 447. The third-order valence-corrected chi connectivity index (χ3v) is 5.26. The average molecular weight is 346 g/mol. The molecule has 1 saturated carbocycles. The summed E-state index contributed by atoms with van der Waals surface area (Å²) in [6.07, 6.45) is 2.98. The van der Waals surface area contributed by atoms with Gasteiger partial charge in [-0.25, -0.2) is 0 Å². The van der Waals surface area contributed by atoms with Gasteiger partial charge in [0.1, 0.15) is 6.61 Å². The van der Waals surface area contributed by atoms with Crippen LogP contribution in [0, 0.1) is 0 Å². The molecule has 1 aliphatic rings. The molecule has 1 aromatic rings. The number of hydrogen-bond acceptors (Lipinski definition) is 4. The molecule has 3 nitrogen and oxygen atoms in total. The highest BCUT2D eigenvalue weighted by molar-refractivity contribution is 7.08. The Kier molecular flexibility index (Phi) is 7.36.